The Morgan fingerprint density at radius 1 is 0.886 bits per heavy atom. The van der Waals surface area contributed by atoms with Crippen LogP contribution in [0.1, 0.15) is 30.5 Å². The van der Waals surface area contributed by atoms with E-state index in [2.05, 4.69) is 16.9 Å². The Kier molecular flexibility index (Phi) is 9.24. The minimum atomic E-state index is -0.637. The zero-order valence-corrected chi connectivity index (χ0v) is 20.3. The summed E-state index contributed by atoms with van der Waals surface area (Å²) in [6.45, 7) is 5.73. The van der Waals surface area contributed by atoms with Gasteiger partial charge in [-0.3, -0.25) is 14.4 Å². The number of benzene rings is 3. The maximum absolute atomic E-state index is 12.4. The van der Waals surface area contributed by atoms with E-state index in [1.165, 1.54) is 12.5 Å². The first-order valence-corrected chi connectivity index (χ1v) is 11.5. The molecule has 3 aromatic rings. The van der Waals surface area contributed by atoms with E-state index in [1.54, 1.807) is 31.2 Å². The van der Waals surface area contributed by atoms with Crippen molar-refractivity contribution in [1.29, 1.82) is 0 Å². The van der Waals surface area contributed by atoms with E-state index in [0.29, 0.717) is 30.2 Å². The van der Waals surface area contributed by atoms with Gasteiger partial charge in [0.05, 0.1) is 6.42 Å². The summed E-state index contributed by atoms with van der Waals surface area (Å²) < 4.78 is 10.8. The van der Waals surface area contributed by atoms with E-state index in [1.807, 2.05) is 55.4 Å². The van der Waals surface area contributed by atoms with Gasteiger partial charge in [-0.2, -0.15) is 0 Å². The molecule has 179 valence electrons. The predicted octanol–water partition coefficient (Wildman–Crippen LogP) is 4.08. The molecule has 0 aliphatic heterocycles. The Morgan fingerprint density at radius 2 is 1.63 bits per heavy atom. The molecule has 3 aromatic carbocycles. The fraction of sp³-hybridized carbons (Fsp3) is 0.250. The van der Waals surface area contributed by atoms with Crippen LogP contribution in [0.25, 0.3) is 0 Å². The van der Waals surface area contributed by atoms with Gasteiger partial charge in [0.15, 0.2) is 0 Å². The van der Waals surface area contributed by atoms with E-state index >= 15 is 0 Å². The minimum Gasteiger partial charge on any atom is -0.457 e. The zero-order chi connectivity index (χ0) is 25.2. The largest absolute Gasteiger partial charge is 0.457 e. The number of esters is 2. The van der Waals surface area contributed by atoms with Crippen molar-refractivity contribution in [3.63, 3.8) is 0 Å². The lowest BCUT2D eigenvalue weighted by molar-refractivity contribution is -0.157. The van der Waals surface area contributed by atoms with E-state index in [9.17, 15) is 14.4 Å². The normalized spacial score (nSPS) is 10.4. The fourth-order valence-corrected chi connectivity index (χ4v) is 3.67. The summed E-state index contributed by atoms with van der Waals surface area (Å²) in [5.41, 5.74) is 3.75. The molecule has 1 radical (unpaired) electrons. The molecule has 0 saturated heterocycles. The van der Waals surface area contributed by atoms with Crippen molar-refractivity contribution in [3.8, 4) is 11.5 Å². The summed E-state index contributed by atoms with van der Waals surface area (Å²) in [6.07, 6.45) is 0.722. The van der Waals surface area contributed by atoms with Gasteiger partial charge in [-0.15, -0.1) is 0 Å². The Balaban J connectivity index is 1.78. The number of rotatable bonds is 10. The smallest absolute Gasteiger partial charge is 0.317 e. The van der Waals surface area contributed by atoms with Crippen molar-refractivity contribution in [2.45, 2.75) is 40.1 Å². The third kappa shape index (κ3) is 8.14. The SMILES string of the molecule is C[B]c1ccc(Oc2cccc(CC(=O)OC(C)=O)c2)c(CN(CCc2ccccc2)C(C)=O)c1. The molecular formula is C28H29BNO5. The molecule has 0 aliphatic rings. The molecule has 1 amide bonds. The van der Waals surface area contributed by atoms with E-state index in [-0.39, 0.29) is 12.3 Å². The van der Waals surface area contributed by atoms with E-state index in [0.717, 1.165) is 17.4 Å². The van der Waals surface area contributed by atoms with Crippen LogP contribution >= 0.6 is 0 Å². The van der Waals surface area contributed by atoms with Crippen LogP contribution in [-0.2, 0) is 38.5 Å². The van der Waals surface area contributed by atoms with Crippen LogP contribution in [0.2, 0.25) is 6.82 Å². The lowest BCUT2D eigenvalue weighted by atomic mass is 9.73. The third-order valence-corrected chi connectivity index (χ3v) is 5.47. The molecule has 0 saturated carbocycles. The number of nitrogens with zero attached hydrogens (tertiary/aromatic N) is 1. The van der Waals surface area contributed by atoms with Gasteiger partial charge in [0.25, 0.3) is 0 Å². The molecule has 0 atom stereocenters. The molecule has 0 aliphatic carbocycles. The summed E-state index contributed by atoms with van der Waals surface area (Å²) in [5, 5.41) is 0. The summed E-state index contributed by atoms with van der Waals surface area (Å²) in [6, 6.07) is 23.0. The topological polar surface area (TPSA) is 72.9 Å². The van der Waals surface area contributed by atoms with Crippen LogP contribution in [-0.4, -0.2) is 36.6 Å². The second-order valence-electron chi connectivity index (χ2n) is 8.22. The van der Waals surface area contributed by atoms with Gasteiger partial charge in [0.2, 0.25) is 5.91 Å². The molecule has 35 heavy (non-hydrogen) atoms. The lowest BCUT2D eigenvalue weighted by Crippen LogP contribution is -2.31. The van der Waals surface area contributed by atoms with Crippen molar-refractivity contribution < 1.29 is 23.9 Å². The highest BCUT2D eigenvalue weighted by atomic mass is 16.6. The van der Waals surface area contributed by atoms with Gasteiger partial charge in [-0.25, -0.2) is 0 Å². The maximum atomic E-state index is 12.4. The average molecular weight is 470 g/mol. The van der Waals surface area contributed by atoms with Crippen LogP contribution in [0, 0.1) is 0 Å². The highest BCUT2D eigenvalue weighted by Gasteiger charge is 2.15. The first-order chi connectivity index (χ1) is 16.8. The molecule has 0 N–H and O–H groups in total. The molecule has 0 spiro atoms. The van der Waals surface area contributed by atoms with Gasteiger partial charge in [-0.05, 0) is 35.7 Å². The summed E-state index contributed by atoms with van der Waals surface area (Å²) in [7, 11) is 2.00. The minimum absolute atomic E-state index is 0.0104. The van der Waals surface area contributed by atoms with Crippen molar-refractivity contribution in [2.24, 2.45) is 0 Å². The Morgan fingerprint density at radius 3 is 2.31 bits per heavy atom. The van der Waals surface area contributed by atoms with Crippen LogP contribution < -0.4 is 10.2 Å². The van der Waals surface area contributed by atoms with E-state index < -0.39 is 11.9 Å². The molecule has 0 aromatic heterocycles. The second-order valence-corrected chi connectivity index (χ2v) is 8.22. The van der Waals surface area contributed by atoms with Crippen molar-refractivity contribution in [3.05, 3.63) is 89.5 Å². The number of amides is 1. The van der Waals surface area contributed by atoms with Crippen molar-refractivity contribution >= 4 is 30.6 Å². The quantitative estimate of drug-likeness (QED) is 0.254. The first-order valence-electron chi connectivity index (χ1n) is 11.5. The Bertz CT molecular complexity index is 1180. The molecule has 0 unspecified atom stereocenters. The molecule has 0 fully saturated rings. The first kappa shape index (κ1) is 25.8. The zero-order valence-electron chi connectivity index (χ0n) is 20.3. The van der Waals surface area contributed by atoms with Crippen molar-refractivity contribution in [2.75, 3.05) is 6.54 Å². The van der Waals surface area contributed by atoms with Crippen molar-refractivity contribution in [1.82, 2.24) is 4.90 Å². The molecule has 6 nitrogen and oxygen atoms in total. The van der Waals surface area contributed by atoms with Crippen LogP contribution in [0.4, 0.5) is 0 Å². The molecule has 3 rings (SSSR count). The summed E-state index contributed by atoms with van der Waals surface area (Å²) >= 11 is 0. The maximum Gasteiger partial charge on any atom is 0.317 e. The number of carbonyl (C=O) groups is 3. The molecule has 0 bridgehead atoms. The molecule has 7 heteroatoms. The standard InChI is InChI=1S/C28H29BNO5/c1-20(31)30(15-14-22-8-5-4-6-9-22)19-24-18-25(29-3)12-13-27(24)35-26-11-7-10-23(16-26)17-28(33)34-21(2)32/h4-13,16,18H,14-15,17,19H2,1-3H3. The lowest BCUT2D eigenvalue weighted by Gasteiger charge is -2.23. The van der Waals surface area contributed by atoms with Crippen LogP contribution in [0.15, 0.2) is 72.8 Å². The summed E-state index contributed by atoms with van der Waals surface area (Å²) in [4.78, 5) is 37.1. The van der Waals surface area contributed by atoms with Gasteiger partial charge >= 0.3 is 11.9 Å². The van der Waals surface area contributed by atoms with Crippen LogP contribution in [0.5, 0.6) is 11.5 Å². The third-order valence-electron chi connectivity index (χ3n) is 5.47. The molecular weight excluding hydrogens is 441 g/mol. The highest BCUT2D eigenvalue weighted by molar-refractivity contribution is 6.51. The number of hydrogen-bond donors (Lipinski definition) is 0. The van der Waals surface area contributed by atoms with Gasteiger partial charge in [0, 0.05) is 32.5 Å². The van der Waals surface area contributed by atoms with Gasteiger partial charge < -0.3 is 14.4 Å². The average Bonchev–Trinajstić information content (AvgIpc) is 2.82. The highest BCUT2D eigenvalue weighted by Crippen LogP contribution is 2.27. The van der Waals surface area contributed by atoms with Gasteiger partial charge in [-0.1, -0.05) is 66.9 Å². The monoisotopic (exact) mass is 470 g/mol. The number of hydrogen-bond acceptors (Lipinski definition) is 5. The molecule has 0 heterocycles. The van der Waals surface area contributed by atoms with Crippen LogP contribution in [0.3, 0.4) is 0 Å². The number of carbonyl (C=O) groups excluding carboxylic acids is 3. The van der Waals surface area contributed by atoms with Gasteiger partial charge in [0.1, 0.15) is 18.8 Å². The predicted molar refractivity (Wildman–Crippen MR) is 136 cm³/mol. The fourth-order valence-electron chi connectivity index (χ4n) is 3.67. The Hall–Kier alpha value is -3.87. The summed E-state index contributed by atoms with van der Waals surface area (Å²) in [5.74, 6) is -0.0872. The second kappa shape index (κ2) is 12.6. The van der Waals surface area contributed by atoms with E-state index in [4.69, 9.17) is 4.74 Å². The Labute approximate surface area is 207 Å². The number of ether oxygens (including phenoxy) is 2.